The minimum atomic E-state index is -1.18. The topological polar surface area (TPSA) is 177 Å². The summed E-state index contributed by atoms with van der Waals surface area (Å²) >= 11 is 1.49. The normalized spacial score (nSPS) is 13.9. The van der Waals surface area contributed by atoms with Crippen LogP contribution in [-0.2, 0) is 32.0 Å². The van der Waals surface area contributed by atoms with Crippen LogP contribution < -0.4 is 27.4 Å². The second-order valence-corrected chi connectivity index (χ2v) is 10.6. The van der Waals surface area contributed by atoms with Crippen LogP contribution in [0.25, 0.3) is 0 Å². The summed E-state index contributed by atoms with van der Waals surface area (Å²) < 4.78 is 0. The van der Waals surface area contributed by atoms with Gasteiger partial charge in [-0.1, -0.05) is 67.1 Å². The van der Waals surface area contributed by atoms with Crippen LogP contribution >= 0.6 is 11.8 Å². The Morgan fingerprint density at radius 1 is 0.750 bits per heavy atom. The number of carbonyl (C=O) groups is 4. The molecule has 40 heavy (non-hydrogen) atoms. The summed E-state index contributed by atoms with van der Waals surface area (Å²) in [6, 6.07) is 14.2. The molecule has 4 unspecified atom stereocenters. The lowest BCUT2D eigenvalue weighted by atomic mass is 10.0. The molecule has 2 aromatic rings. The third kappa shape index (κ3) is 11.8. The highest BCUT2D eigenvalue weighted by Gasteiger charge is 2.30. The molecular weight excluding hydrogens is 530 g/mol. The van der Waals surface area contributed by atoms with Crippen LogP contribution in [-0.4, -0.2) is 71.5 Å². The SMILES string of the molecule is CSCCC(NC(=O)C(Cc1ccccc1)NC(=O)C(N)CCCCN)C(=O)NC(Cc1ccccc1)C(=O)O. The van der Waals surface area contributed by atoms with E-state index >= 15 is 0 Å². The Labute approximate surface area is 240 Å². The van der Waals surface area contributed by atoms with E-state index in [0.29, 0.717) is 25.1 Å². The van der Waals surface area contributed by atoms with Crippen molar-refractivity contribution in [3.8, 4) is 0 Å². The Morgan fingerprint density at radius 2 is 1.25 bits per heavy atom. The van der Waals surface area contributed by atoms with E-state index in [2.05, 4.69) is 16.0 Å². The monoisotopic (exact) mass is 571 g/mol. The molecule has 2 aromatic carbocycles. The van der Waals surface area contributed by atoms with Crippen LogP contribution in [0.15, 0.2) is 60.7 Å². The van der Waals surface area contributed by atoms with Crippen LogP contribution in [0.1, 0.15) is 36.8 Å². The van der Waals surface area contributed by atoms with Crippen molar-refractivity contribution in [1.82, 2.24) is 16.0 Å². The summed E-state index contributed by atoms with van der Waals surface area (Å²) in [5.74, 6) is -2.25. The maximum atomic E-state index is 13.5. The molecule has 0 bridgehead atoms. The first kappa shape index (κ1) is 32.8. The number of hydrogen-bond donors (Lipinski definition) is 6. The summed E-state index contributed by atoms with van der Waals surface area (Å²) in [5, 5.41) is 17.8. The van der Waals surface area contributed by atoms with Gasteiger partial charge in [-0.2, -0.15) is 11.8 Å². The lowest BCUT2D eigenvalue weighted by Gasteiger charge is -2.25. The highest BCUT2D eigenvalue weighted by atomic mass is 32.2. The zero-order valence-corrected chi connectivity index (χ0v) is 23.7. The Bertz CT molecular complexity index is 1070. The quantitative estimate of drug-likeness (QED) is 0.145. The number of aliphatic carboxylic acids is 1. The molecule has 0 spiro atoms. The highest BCUT2D eigenvalue weighted by Crippen LogP contribution is 2.09. The molecule has 11 heteroatoms. The molecule has 0 saturated carbocycles. The number of thioether (sulfide) groups is 1. The van der Waals surface area contributed by atoms with Crippen molar-refractivity contribution < 1.29 is 24.3 Å². The molecule has 0 radical (unpaired) electrons. The first-order valence-electron chi connectivity index (χ1n) is 13.4. The van der Waals surface area contributed by atoms with Crippen molar-refractivity contribution in [3.05, 3.63) is 71.8 Å². The molecule has 0 aliphatic carbocycles. The lowest BCUT2D eigenvalue weighted by molar-refractivity contribution is -0.142. The third-order valence-electron chi connectivity index (χ3n) is 6.36. The van der Waals surface area contributed by atoms with Gasteiger partial charge in [-0.3, -0.25) is 14.4 Å². The summed E-state index contributed by atoms with van der Waals surface area (Å²) in [6.45, 7) is 0.501. The molecule has 0 saturated heterocycles. The molecule has 0 aliphatic rings. The fourth-order valence-electron chi connectivity index (χ4n) is 4.08. The maximum Gasteiger partial charge on any atom is 0.326 e. The van der Waals surface area contributed by atoms with Crippen LogP contribution in [0.3, 0.4) is 0 Å². The summed E-state index contributed by atoms with van der Waals surface area (Å²) in [7, 11) is 0. The number of nitrogens with two attached hydrogens (primary N) is 2. The van der Waals surface area contributed by atoms with Gasteiger partial charge in [-0.25, -0.2) is 4.79 Å². The Hall–Kier alpha value is -3.41. The molecule has 3 amide bonds. The average Bonchev–Trinajstić information content (AvgIpc) is 2.95. The van der Waals surface area contributed by atoms with Crippen molar-refractivity contribution >= 4 is 35.5 Å². The standard InChI is InChI=1S/C29H41N5O5S/c1-40-17-15-23(27(36)34-25(29(38)39)19-21-12-6-3-7-13-21)32-28(37)24(18-20-10-4-2-5-11-20)33-26(35)22(31)14-8-9-16-30/h2-7,10-13,22-25H,8-9,14-19,30-31H2,1H3,(H,32,37)(H,33,35)(H,34,36)(H,38,39). The fourth-order valence-corrected chi connectivity index (χ4v) is 4.55. The van der Waals surface area contributed by atoms with E-state index in [0.717, 1.165) is 17.5 Å². The van der Waals surface area contributed by atoms with E-state index in [9.17, 15) is 24.3 Å². The number of amides is 3. The number of carbonyl (C=O) groups excluding carboxylic acids is 3. The molecule has 0 aliphatic heterocycles. The lowest BCUT2D eigenvalue weighted by Crippen LogP contribution is -2.58. The van der Waals surface area contributed by atoms with Crippen LogP contribution in [0.5, 0.6) is 0 Å². The Kier molecular flexibility index (Phi) is 14.8. The predicted octanol–water partition coefficient (Wildman–Crippen LogP) is 1.22. The van der Waals surface area contributed by atoms with E-state index < -0.39 is 47.9 Å². The van der Waals surface area contributed by atoms with Gasteiger partial charge in [0.2, 0.25) is 17.7 Å². The molecule has 0 heterocycles. The van der Waals surface area contributed by atoms with Gasteiger partial charge in [-0.15, -0.1) is 0 Å². The number of unbranched alkanes of at least 4 members (excludes halogenated alkanes) is 1. The van der Waals surface area contributed by atoms with E-state index in [-0.39, 0.29) is 19.3 Å². The smallest absolute Gasteiger partial charge is 0.326 e. The molecule has 2 rings (SSSR count). The van der Waals surface area contributed by atoms with Crippen molar-refractivity contribution in [1.29, 1.82) is 0 Å². The number of carboxylic acid groups (broad SMARTS) is 1. The molecule has 0 fully saturated rings. The minimum Gasteiger partial charge on any atom is -0.480 e. The van der Waals surface area contributed by atoms with Gasteiger partial charge in [0.05, 0.1) is 6.04 Å². The third-order valence-corrected chi connectivity index (χ3v) is 7.01. The van der Waals surface area contributed by atoms with Crippen molar-refractivity contribution in [2.45, 2.75) is 62.7 Å². The van der Waals surface area contributed by atoms with Crippen LogP contribution in [0.2, 0.25) is 0 Å². The van der Waals surface area contributed by atoms with Gasteiger partial charge in [0.15, 0.2) is 0 Å². The second kappa shape index (κ2) is 18.0. The molecule has 4 atom stereocenters. The number of nitrogens with one attached hydrogen (secondary N) is 3. The van der Waals surface area contributed by atoms with E-state index in [1.165, 1.54) is 11.8 Å². The first-order chi connectivity index (χ1) is 19.2. The molecule has 10 nitrogen and oxygen atoms in total. The summed E-state index contributed by atoms with van der Waals surface area (Å²) in [4.78, 5) is 51.4. The van der Waals surface area contributed by atoms with Crippen LogP contribution in [0.4, 0.5) is 0 Å². The number of rotatable bonds is 18. The fraction of sp³-hybridized carbons (Fsp3) is 0.448. The highest BCUT2D eigenvalue weighted by molar-refractivity contribution is 7.98. The van der Waals surface area contributed by atoms with Gasteiger partial charge in [0.1, 0.15) is 18.1 Å². The molecule has 0 aromatic heterocycles. The van der Waals surface area contributed by atoms with Gasteiger partial charge in [0, 0.05) is 12.8 Å². The zero-order valence-electron chi connectivity index (χ0n) is 22.9. The number of benzene rings is 2. The van der Waals surface area contributed by atoms with E-state index in [4.69, 9.17) is 11.5 Å². The number of hydrogen-bond acceptors (Lipinski definition) is 7. The molecule has 8 N–H and O–H groups in total. The molecular formula is C29H41N5O5S. The first-order valence-corrected chi connectivity index (χ1v) is 14.8. The Morgan fingerprint density at radius 3 is 1.77 bits per heavy atom. The minimum absolute atomic E-state index is 0.0971. The number of carboxylic acids is 1. The Balaban J connectivity index is 2.17. The van der Waals surface area contributed by atoms with Crippen molar-refractivity contribution in [2.24, 2.45) is 11.5 Å². The maximum absolute atomic E-state index is 13.5. The van der Waals surface area contributed by atoms with Crippen LogP contribution in [0, 0.1) is 0 Å². The summed E-state index contributed by atoms with van der Waals surface area (Å²) in [5.41, 5.74) is 13.2. The van der Waals surface area contributed by atoms with Gasteiger partial charge in [0.25, 0.3) is 0 Å². The second-order valence-electron chi connectivity index (χ2n) is 9.57. The largest absolute Gasteiger partial charge is 0.480 e. The van der Waals surface area contributed by atoms with E-state index in [1.807, 2.05) is 42.7 Å². The predicted molar refractivity (Wildman–Crippen MR) is 158 cm³/mol. The zero-order chi connectivity index (χ0) is 29.3. The van der Waals surface area contributed by atoms with Gasteiger partial charge in [-0.05, 0) is 48.9 Å². The van der Waals surface area contributed by atoms with Crippen molar-refractivity contribution in [2.75, 3.05) is 18.6 Å². The van der Waals surface area contributed by atoms with E-state index in [1.54, 1.807) is 24.3 Å². The average molecular weight is 572 g/mol. The van der Waals surface area contributed by atoms with Gasteiger partial charge < -0.3 is 32.5 Å². The summed E-state index contributed by atoms with van der Waals surface area (Å²) in [6.07, 6.45) is 4.29. The molecule has 218 valence electrons. The van der Waals surface area contributed by atoms with Gasteiger partial charge >= 0.3 is 5.97 Å². The van der Waals surface area contributed by atoms with Crippen molar-refractivity contribution in [3.63, 3.8) is 0 Å².